The number of hydrogen-bond donors (Lipinski definition) is 1. The molecule has 2 aromatic rings. The molecule has 6 heteroatoms. The molecule has 0 heterocycles. The summed E-state index contributed by atoms with van der Waals surface area (Å²) in [5.74, 6) is -3.84. The predicted octanol–water partition coefficient (Wildman–Crippen LogP) is 4.05. The molecule has 19 heavy (non-hydrogen) atoms. The highest BCUT2D eigenvalue weighted by Gasteiger charge is 2.21. The maximum absolute atomic E-state index is 13.6. The van der Waals surface area contributed by atoms with Gasteiger partial charge in [0.2, 0.25) is 0 Å². The Morgan fingerprint density at radius 2 is 1.47 bits per heavy atom. The summed E-state index contributed by atoms with van der Waals surface area (Å²) in [6.07, 6.45) is 0. The highest BCUT2D eigenvalue weighted by atomic mass is 79.9. The van der Waals surface area contributed by atoms with E-state index >= 15 is 0 Å². The Morgan fingerprint density at radius 3 is 2.05 bits per heavy atom. The van der Waals surface area contributed by atoms with E-state index < -0.39 is 34.9 Å². The zero-order chi connectivity index (χ0) is 14.2. The maximum Gasteiger partial charge on any atom is 0.134 e. The first-order valence-corrected chi connectivity index (χ1v) is 6.04. The zero-order valence-corrected chi connectivity index (χ0v) is 11.0. The van der Waals surface area contributed by atoms with Gasteiger partial charge in [-0.1, -0.05) is 15.9 Å². The minimum absolute atomic E-state index is 0.171. The average Bonchev–Trinajstić information content (AvgIpc) is 2.30. The van der Waals surface area contributed by atoms with Gasteiger partial charge in [-0.15, -0.1) is 0 Å². The Hall–Kier alpha value is -1.40. The van der Waals surface area contributed by atoms with Crippen LogP contribution >= 0.6 is 15.9 Å². The maximum atomic E-state index is 13.6. The van der Waals surface area contributed by atoms with Crippen LogP contribution in [0, 0.1) is 23.3 Å². The van der Waals surface area contributed by atoms with Crippen molar-refractivity contribution in [2.24, 2.45) is 5.73 Å². The van der Waals surface area contributed by atoms with E-state index in [1.54, 1.807) is 0 Å². The van der Waals surface area contributed by atoms with E-state index in [-0.39, 0.29) is 5.56 Å². The number of rotatable bonds is 2. The lowest BCUT2D eigenvalue weighted by atomic mass is 9.98. The molecule has 0 spiro atoms. The topological polar surface area (TPSA) is 26.0 Å². The van der Waals surface area contributed by atoms with Crippen molar-refractivity contribution < 1.29 is 17.6 Å². The fraction of sp³-hybridized carbons (Fsp3) is 0.0769. The lowest BCUT2D eigenvalue weighted by Crippen LogP contribution is -2.17. The summed E-state index contributed by atoms with van der Waals surface area (Å²) in [6, 6.07) is 3.45. The number of benzene rings is 2. The molecule has 2 N–H and O–H groups in total. The van der Waals surface area contributed by atoms with Gasteiger partial charge in [0.05, 0.1) is 6.04 Å². The summed E-state index contributed by atoms with van der Waals surface area (Å²) in [4.78, 5) is 0. The molecule has 0 aliphatic heterocycles. The van der Waals surface area contributed by atoms with E-state index in [1.807, 2.05) is 0 Å². The van der Waals surface area contributed by atoms with Crippen LogP contribution in [0.2, 0.25) is 0 Å². The van der Waals surface area contributed by atoms with Crippen LogP contribution in [-0.4, -0.2) is 0 Å². The van der Waals surface area contributed by atoms with Gasteiger partial charge in [0.25, 0.3) is 0 Å². The van der Waals surface area contributed by atoms with Gasteiger partial charge in [-0.3, -0.25) is 0 Å². The standard InChI is InChI=1S/C13H8BrF4N/c14-9-2-1-6(15)3-8(9)13(19)12-10(17)4-7(16)5-11(12)18/h1-5,13H,19H2. The molecule has 0 aromatic heterocycles. The van der Waals surface area contributed by atoms with Crippen LogP contribution in [0.3, 0.4) is 0 Å². The van der Waals surface area contributed by atoms with Crippen LogP contribution in [0.4, 0.5) is 17.6 Å². The van der Waals surface area contributed by atoms with Crippen molar-refractivity contribution in [2.75, 3.05) is 0 Å². The van der Waals surface area contributed by atoms with E-state index in [4.69, 9.17) is 5.73 Å². The highest BCUT2D eigenvalue weighted by Crippen LogP contribution is 2.30. The number of nitrogens with two attached hydrogens (primary N) is 1. The van der Waals surface area contributed by atoms with Gasteiger partial charge in [0, 0.05) is 22.2 Å². The minimum atomic E-state index is -1.24. The van der Waals surface area contributed by atoms with Gasteiger partial charge in [0.15, 0.2) is 0 Å². The predicted molar refractivity (Wildman–Crippen MR) is 66.4 cm³/mol. The molecule has 0 amide bonds. The van der Waals surface area contributed by atoms with E-state index in [2.05, 4.69) is 15.9 Å². The molecular weight excluding hydrogens is 326 g/mol. The highest BCUT2D eigenvalue weighted by molar-refractivity contribution is 9.10. The quantitative estimate of drug-likeness (QED) is 0.824. The Bertz CT molecular complexity index is 607. The summed E-state index contributed by atoms with van der Waals surface area (Å²) in [7, 11) is 0. The van der Waals surface area contributed by atoms with Crippen LogP contribution in [0.15, 0.2) is 34.8 Å². The van der Waals surface area contributed by atoms with E-state index in [0.29, 0.717) is 16.6 Å². The zero-order valence-electron chi connectivity index (χ0n) is 9.43. The SMILES string of the molecule is NC(c1cc(F)ccc1Br)c1c(F)cc(F)cc1F. The second-order valence-electron chi connectivity index (χ2n) is 3.93. The summed E-state index contributed by atoms with van der Waals surface area (Å²) in [6.45, 7) is 0. The first-order chi connectivity index (χ1) is 8.90. The molecule has 0 aliphatic rings. The van der Waals surface area contributed by atoms with Gasteiger partial charge in [-0.2, -0.15) is 0 Å². The second kappa shape index (κ2) is 5.30. The van der Waals surface area contributed by atoms with Gasteiger partial charge >= 0.3 is 0 Å². The summed E-state index contributed by atoms with van der Waals surface area (Å²) >= 11 is 3.13. The fourth-order valence-corrected chi connectivity index (χ4v) is 2.25. The van der Waals surface area contributed by atoms with Crippen molar-refractivity contribution in [1.82, 2.24) is 0 Å². The fourth-order valence-electron chi connectivity index (χ4n) is 1.76. The normalized spacial score (nSPS) is 12.5. The molecule has 2 aromatic carbocycles. The smallest absolute Gasteiger partial charge is 0.134 e. The van der Waals surface area contributed by atoms with Crippen molar-refractivity contribution in [3.05, 3.63) is 69.2 Å². The Labute approximate surface area is 115 Å². The molecule has 0 fully saturated rings. The van der Waals surface area contributed by atoms with Crippen molar-refractivity contribution in [3.8, 4) is 0 Å². The van der Waals surface area contributed by atoms with Gasteiger partial charge in [-0.25, -0.2) is 17.6 Å². The molecule has 1 unspecified atom stereocenters. The third-order valence-electron chi connectivity index (χ3n) is 2.65. The first kappa shape index (κ1) is 14.0. The van der Waals surface area contributed by atoms with E-state index in [1.165, 1.54) is 12.1 Å². The monoisotopic (exact) mass is 333 g/mol. The third kappa shape index (κ3) is 2.79. The Morgan fingerprint density at radius 1 is 0.895 bits per heavy atom. The van der Waals surface area contributed by atoms with Crippen molar-refractivity contribution >= 4 is 15.9 Å². The number of hydrogen-bond acceptors (Lipinski definition) is 1. The largest absolute Gasteiger partial charge is 0.320 e. The molecule has 100 valence electrons. The van der Waals surface area contributed by atoms with Crippen LogP contribution < -0.4 is 5.73 Å². The van der Waals surface area contributed by atoms with Crippen LogP contribution in [0.5, 0.6) is 0 Å². The molecule has 0 saturated carbocycles. The summed E-state index contributed by atoms with van der Waals surface area (Å²) < 4.78 is 53.6. The van der Waals surface area contributed by atoms with Crippen LogP contribution in [0.1, 0.15) is 17.2 Å². The van der Waals surface area contributed by atoms with Gasteiger partial charge in [0.1, 0.15) is 23.3 Å². The molecule has 0 bridgehead atoms. The summed E-state index contributed by atoms with van der Waals surface area (Å²) in [5, 5.41) is 0. The Kier molecular flexibility index (Phi) is 3.91. The molecular formula is C13H8BrF4N. The molecule has 1 atom stereocenters. The van der Waals surface area contributed by atoms with Crippen molar-refractivity contribution in [2.45, 2.75) is 6.04 Å². The van der Waals surface area contributed by atoms with Gasteiger partial charge < -0.3 is 5.73 Å². The molecule has 1 nitrogen and oxygen atoms in total. The molecule has 0 saturated heterocycles. The third-order valence-corrected chi connectivity index (χ3v) is 3.37. The van der Waals surface area contributed by atoms with Gasteiger partial charge in [-0.05, 0) is 23.8 Å². The average molecular weight is 334 g/mol. The van der Waals surface area contributed by atoms with E-state index in [9.17, 15) is 17.6 Å². The summed E-state index contributed by atoms with van der Waals surface area (Å²) in [5.41, 5.74) is 5.40. The second-order valence-corrected chi connectivity index (χ2v) is 4.78. The van der Waals surface area contributed by atoms with Crippen LogP contribution in [0.25, 0.3) is 0 Å². The van der Waals surface area contributed by atoms with Crippen molar-refractivity contribution in [1.29, 1.82) is 0 Å². The number of halogens is 5. The lowest BCUT2D eigenvalue weighted by Gasteiger charge is -2.16. The van der Waals surface area contributed by atoms with E-state index in [0.717, 1.165) is 6.07 Å². The first-order valence-electron chi connectivity index (χ1n) is 5.25. The Balaban J connectivity index is 2.56. The molecule has 0 radical (unpaired) electrons. The lowest BCUT2D eigenvalue weighted by molar-refractivity contribution is 0.514. The molecule has 0 aliphatic carbocycles. The minimum Gasteiger partial charge on any atom is -0.320 e. The molecule has 2 rings (SSSR count). The van der Waals surface area contributed by atoms with Crippen molar-refractivity contribution in [3.63, 3.8) is 0 Å². The van der Waals surface area contributed by atoms with Crippen LogP contribution in [-0.2, 0) is 0 Å².